The highest BCUT2D eigenvalue weighted by Gasteiger charge is 2.09. The Morgan fingerprint density at radius 2 is 1.73 bits per heavy atom. The van der Waals surface area contributed by atoms with Crippen molar-refractivity contribution in [3.8, 4) is 0 Å². The van der Waals surface area contributed by atoms with Crippen LogP contribution >= 0.6 is 0 Å². The molecule has 0 fully saturated rings. The Hall–Kier alpha value is -2.70. The van der Waals surface area contributed by atoms with Crippen molar-refractivity contribution in [1.29, 1.82) is 0 Å². The van der Waals surface area contributed by atoms with Crippen LogP contribution in [0.25, 0.3) is 5.65 Å². The second-order valence-electron chi connectivity index (χ2n) is 4.68. The Balaban J connectivity index is 0.000000847. The van der Waals surface area contributed by atoms with Crippen LogP contribution in [0.1, 0.15) is 30.9 Å². The highest BCUT2D eigenvalue weighted by atomic mass is 16.2. The number of nitrogens with zero attached hydrogens (tertiary/aromatic N) is 4. The van der Waals surface area contributed by atoms with Crippen molar-refractivity contribution in [3.63, 3.8) is 0 Å². The molecule has 3 heterocycles. The van der Waals surface area contributed by atoms with Crippen molar-refractivity contribution in [2.75, 3.05) is 0 Å². The van der Waals surface area contributed by atoms with Gasteiger partial charge in [-0.25, -0.2) is 9.78 Å². The van der Waals surface area contributed by atoms with E-state index in [9.17, 15) is 9.59 Å². The van der Waals surface area contributed by atoms with Crippen molar-refractivity contribution in [3.05, 3.63) is 62.6 Å². The lowest BCUT2D eigenvalue weighted by molar-refractivity contribution is 0.702. The number of nitrogens with one attached hydrogen (secondary N) is 1. The van der Waals surface area contributed by atoms with Crippen LogP contribution in [0, 0.1) is 13.8 Å². The summed E-state index contributed by atoms with van der Waals surface area (Å²) < 4.78 is 3.29. The maximum Gasteiger partial charge on any atom is 0.328 e. The van der Waals surface area contributed by atoms with Gasteiger partial charge in [0.05, 0.1) is 17.9 Å². The van der Waals surface area contributed by atoms with Gasteiger partial charge in [0.1, 0.15) is 5.69 Å². The van der Waals surface area contributed by atoms with Crippen LogP contribution < -0.4 is 11.2 Å². The van der Waals surface area contributed by atoms with E-state index in [4.69, 9.17) is 0 Å². The first-order valence-corrected chi connectivity index (χ1v) is 7.14. The summed E-state index contributed by atoms with van der Waals surface area (Å²) in [4.78, 5) is 33.9. The summed E-state index contributed by atoms with van der Waals surface area (Å²) in [6.45, 7) is 8.05. The van der Waals surface area contributed by atoms with Gasteiger partial charge in [0, 0.05) is 24.7 Å². The van der Waals surface area contributed by atoms with Crippen molar-refractivity contribution in [2.45, 2.75) is 34.2 Å². The van der Waals surface area contributed by atoms with Crippen LogP contribution in [0.3, 0.4) is 0 Å². The molecule has 0 aliphatic heterocycles. The van der Waals surface area contributed by atoms with Crippen LogP contribution in [0.5, 0.6) is 0 Å². The van der Waals surface area contributed by atoms with E-state index in [1.807, 2.05) is 44.5 Å². The van der Waals surface area contributed by atoms with Crippen molar-refractivity contribution >= 4 is 5.65 Å². The van der Waals surface area contributed by atoms with E-state index in [0.717, 1.165) is 11.4 Å². The summed E-state index contributed by atoms with van der Waals surface area (Å²) >= 11 is 0. The largest absolute Gasteiger partial charge is 0.328 e. The lowest BCUT2D eigenvalue weighted by Crippen LogP contribution is -2.29. The van der Waals surface area contributed by atoms with E-state index >= 15 is 0 Å². The van der Waals surface area contributed by atoms with Crippen LogP contribution in [0.15, 0.2) is 34.2 Å². The topological polar surface area (TPSA) is 85.0 Å². The van der Waals surface area contributed by atoms with Gasteiger partial charge in [0.2, 0.25) is 0 Å². The molecule has 0 bridgehead atoms. The van der Waals surface area contributed by atoms with E-state index in [0.29, 0.717) is 11.3 Å². The van der Waals surface area contributed by atoms with Gasteiger partial charge >= 0.3 is 5.69 Å². The third-order valence-electron chi connectivity index (χ3n) is 2.97. The van der Waals surface area contributed by atoms with E-state index in [-0.39, 0.29) is 6.54 Å². The monoisotopic (exact) mass is 301 g/mol. The summed E-state index contributed by atoms with van der Waals surface area (Å²) in [6, 6.07) is 1.31. The molecule has 0 aromatic carbocycles. The van der Waals surface area contributed by atoms with Crippen LogP contribution in [0.2, 0.25) is 0 Å². The fourth-order valence-corrected chi connectivity index (χ4v) is 2.16. The van der Waals surface area contributed by atoms with Gasteiger partial charge in [-0.2, -0.15) is 0 Å². The Morgan fingerprint density at radius 1 is 1.09 bits per heavy atom. The Morgan fingerprint density at radius 3 is 2.36 bits per heavy atom. The fraction of sp³-hybridized carbons (Fsp3) is 0.333. The SMILES string of the molecule is CC.Cc1cn2cc(C)nc2c(Cn2ccc(=O)[nH]c2=O)n1. The average Bonchev–Trinajstić information content (AvgIpc) is 2.84. The minimum Gasteiger partial charge on any atom is -0.303 e. The number of aromatic amines is 1. The molecule has 7 heteroatoms. The summed E-state index contributed by atoms with van der Waals surface area (Å²) in [5.41, 5.74) is 2.25. The predicted molar refractivity (Wildman–Crippen MR) is 84.2 cm³/mol. The number of H-pyrrole nitrogens is 1. The van der Waals surface area contributed by atoms with Crippen molar-refractivity contribution in [1.82, 2.24) is 23.9 Å². The lowest BCUT2D eigenvalue weighted by atomic mass is 10.3. The molecule has 7 nitrogen and oxygen atoms in total. The third kappa shape index (κ3) is 3.13. The molecule has 0 spiro atoms. The molecule has 0 amide bonds. The molecule has 3 aromatic heterocycles. The molecule has 0 atom stereocenters. The van der Waals surface area contributed by atoms with Crippen LogP contribution in [-0.4, -0.2) is 23.9 Å². The lowest BCUT2D eigenvalue weighted by Gasteiger charge is -2.06. The van der Waals surface area contributed by atoms with Gasteiger partial charge in [-0.3, -0.25) is 19.3 Å². The van der Waals surface area contributed by atoms with E-state index in [2.05, 4.69) is 15.0 Å². The van der Waals surface area contributed by atoms with E-state index in [1.165, 1.54) is 16.8 Å². The minimum absolute atomic E-state index is 0.261. The zero-order valence-electron chi connectivity index (χ0n) is 13.1. The molecule has 3 aromatic rings. The normalized spacial score (nSPS) is 10.4. The first-order valence-electron chi connectivity index (χ1n) is 7.14. The fourth-order valence-electron chi connectivity index (χ4n) is 2.16. The van der Waals surface area contributed by atoms with Gasteiger partial charge in [-0.05, 0) is 13.8 Å². The Kier molecular flexibility index (Phi) is 4.55. The molecule has 0 unspecified atom stereocenters. The smallest absolute Gasteiger partial charge is 0.303 e. The third-order valence-corrected chi connectivity index (χ3v) is 2.97. The van der Waals surface area contributed by atoms with Gasteiger partial charge in [-0.1, -0.05) is 13.8 Å². The number of aromatic nitrogens is 5. The molecule has 0 radical (unpaired) electrons. The van der Waals surface area contributed by atoms with Crippen molar-refractivity contribution < 1.29 is 0 Å². The highest BCUT2D eigenvalue weighted by molar-refractivity contribution is 5.45. The van der Waals surface area contributed by atoms with Gasteiger partial charge in [0.15, 0.2) is 5.65 Å². The summed E-state index contributed by atoms with van der Waals surface area (Å²) in [7, 11) is 0. The number of hydrogen-bond acceptors (Lipinski definition) is 4. The number of rotatable bonds is 2. The summed E-state index contributed by atoms with van der Waals surface area (Å²) in [5, 5.41) is 0. The highest BCUT2D eigenvalue weighted by Crippen LogP contribution is 2.11. The molecule has 0 aliphatic carbocycles. The van der Waals surface area contributed by atoms with Gasteiger partial charge in [0.25, 0.3) is 5.56 Å². The second-order valence-corrected chi connectivity index (χ2v) is 4.68. The van der Waals surface area contributed by atoms with E-state index < -0.39 is 11.2 Å². The number of hydrogen-bond donors (Lipinski definition) is 1. The Bertz CT molecular complexity index is 904. The first kappa shape index (κ1) is 15.7. The summed E-state index contributed by atoms with van der Waals surface area (Å²) in [5.74, 6) is 0. The molecule has 22 heavy (non-hydrogen) atoms. The average molecular weight is 301 g/mol. The Labute approximate surface area is 127 Å². The molecule has 116 valence electrons. The molecule has 0 saturated heterocycles. The molecule has 0 aliphatic rings. The molecule has 1 N–H and O–H groups in total. The van der Waals surface area contributed by atoms with Crippen molar-refractivity contribution in [2.24, 2.45) is 0 Å². The van der Waals surface area contributed by atoms with Crippen LogP contribution in [-0.2, 0) is 6.54 Å². The van der Waals surface area contributed by atoms with Gasteiger partial charge in [-0.15, -0.1) is 0 Å². The molecule has 3 rings (SSSR count). The predicted octanol–water partition coefficient (Wildman–Crippen LogP) is 1.27. The summed E-state index contributed by atoms with van der Waals surface area (Å²) in [6.07, 6.45) is 5.25. The number of fused-ring (bicyclic) bond motifs is 1. The number of imidazole rings is 1. The zero-order chi connectivity index (χ0) is 16.3. The quantitative estimate of drug-likeness (QED) is 0.772. The van der Waals surface area contributed by atoms with Gasteiger partial charge < -0.3 is 4.40 Å². The number of aryl methyl sites for hydroxylation is 2. The molecular formula is C15H19N5O2. The second kappa shape index (κ2) is 6.38. The molecular weight excluding hydrogens is 282 g/mol. The minimum atomic E-state index is -0.456. The maximum atomic E-state index is 11.7. The van der Waals surface area contributed by atoms with E-state index in [1.54, 1.807) is 0 Å². The standard InChI is InChI=1S/C13H13N5O2.C2H6/c1-8-5-18-6-9(2)15-12(18)10(14-8)7-17-4-3-11(19)16-13(17)20;1-2/h3-6H,7H2,1-2H3,(H,16,19,20);1-2H3. The zero-order valence-corrected chi connectivity index (χ0v) is 13.1. The van der Waals surface area contributed by atoms with Crippen LogP contribution in [0.4, 0.5) is 0 Å². The maximum absolute atomic E-state index is 11.7. The first-order chi connectivity index (χ1) is 10.5. The molecule has 0 saturated carbocycles.